The lowest BCUT2D eigenvalue weighted by Gasteiger charge is -2.08. The number of ether oxygens (including phenoxy) is 1. The highest BCUT2D eigenvalue weighted by Gasteiger charge is 2.06. The molecule has 1 unspecified atom stereocenters. The minimum absolute atomic E-state index is 0.230. The van der Waals surface area contributed by atoms with Crippen molar-refractivity contribution in [3.63, 3.8) is 0 Å². The van der Waals surface area contributed by atoms with E-state index in [-0.39, 0.29) is 11.8 Å². The van der Waals surface area contributed by atoms with Gasteiger partial charge in [0.2, 0.25) is 0 Å². The fourth-order valence-corrected chi connectivity index (χ4v) is 3.20. The number of hydrogen-bond donors (Lipinski definition) is 0. The molecule has 0 bridgehead atoms. The van der Waals surface area contributed by atoms with E-state index in [0.717, 1.165) is 22.3 Å². The fourth-order valence-electron chi connectivity index (χ4n) is 2.88. The molecule has 0 aromatic heterocycles. The van der Waals surface area contributed by atoms with E-state index in [9.17, 15) is 9.18 Å². The van der Waals surface area contributed by atoms with E-state index in [4.69, 9.17) is 4.74 Å². The van der Waals surface area contributed by atoms with Gasteiger partial charge in [0.05, 0.1) is 0 Å². The number of carbonyl (C=O) groups excluding carboxylic acids is 1. The van der Waals surface area contributed by atoms with E-state index in [2.05, 4.69) is 30.0 Å². The Morgan fingerprint density at radius 1 is 1.07 bits per heavy atom. The van der Waals surface area contributed by atoms with Crippen molar-refractivity contribution in [1.82, 2.24) is 0 Å². The molecule has 0 saturated carbocycles. The van der Waals surface area contributed by atoms with E-state index < -0.39 is 0 Å². The molecule has 0 heterocycles. The zero-order chi connectivity index (χ0) is 20.4. The van der Waals surface area contributed by atoms with Crippen LogP contribution < -0.4 is 10.0 Å². The Hall–Kier alpha value is -1.73. The van der Waals surface area contributed by atoms with Crippen molar-refractivity contribution in [3.8, 4) is 16.9 Å². The molecule has 0 aliphatic carbocycles. The Morgan fingerprint density at radius 3 is 2.07 bits per heavy atom. The van der Waals surface area contributed by atoms with Gasteiger partial charge in [-0.3, -0.25) is 4.79 Å². The first-order chi connectivity index (χ1) is 12.8. The summed E-state index contributed by atoms with van der Waals surface area (Å²) >= 11 is 0. The number of carbonyl (C=O) groups is 1. The first-order valence-electron chi connectivity index (χ1n) is 9.62. The van der Waals surface area contributed by atoms with Crippen LogP contribution in [-0.4, -0.2) is 5.97 Å². The molecule has 4 heteroatoms. The molecular weight excluding hydrogens is 358 g/mol. The lowest BCUT2D eigenvalue weighted by molar-refractivity contribution is -0.131. The van der Waals surface area contributed by atoms with Gasteiger partial charge in [0.1, 0.15) is 11.6 Å². The first kappa shape index (κ1) is 23.3. The second kappa shape index (κ2) is 11.9. The molecule has 27 heavy (non-hydrogen) atoms. The number of rotatable bonds is 6. The molecule has 0 spiro atoms. The maximum atomic E-state index is 13.7. The van der Waals surface area contributed by atoms with Crippen molar-refractivity contribution < 1.29 is 13.9 Å². The molecule has 148 valence electrons. The fraction of sp³-hybridized carbons (Fsp3) is 0.435. The number of esters is 1. The Labute approximate surface area is 165 Å². The van der Waals surface area contributed by atoms with Crippen LogP contribution >= 0.6 is 9.24 Å². The normalized spacial score (nSPS) is 10.4. The van der Waals surface area contributed by atoms with Crippen molar-refractivity contribution in [1.29, 1.82) is 0 Å². The predicted octanol–water partition coefficient (Wildman–Crippen LogP) is 6.45. The number of halogens is 1. The van der Waals surface area contributed by atoms with Gasteiger partial charge >= 0.3 is 5.97 Å². The monoisotopic (exact) mass is 390 g/mol. The molecule has 0 fully saturated rings. The van der Waals surface area contributed by atoms with E-state index in [1.165, 1.54) is 38.7 Å². The van der Waals surface area contributed by atoms with Crippen LogP contribution in [0.2, 0.25) is 0 Å². The Bertz CT molecular complexity index is 697. The van der Waals surface area contributed by atoms with Crippen LogP contribution in [0.5, 0.6) is 5.75 Å². The second-order valence-electron chi connectivity index (χ2n) is 6.97. The van der Waals surface area contributed by atoms with Crippen LogP contribution in [0, 0.1) is 18.7 Å². The highest BCUT2D eigenvalue weighted by Crippen LogP contribution is 2.24. The van der Waals surface area contributed by atoms with Crippen LogP contribution in [0.1, 0.15) is 58.9 Å². The SMILES string of the molecule is CC(=O)Oc1ccc(-c2cc(F)c(C)c(P)c2)cc1.CCCC(C)CCC. The van der Waals surface area contributed by atoms with E-state index in [1.54, 1.807) is 31.2 Å². The van der Waals surface area contributed by atoms with Crippen LogP contribution in [0.15, 0.2) is 36.4 Å². The van der Waals surface area contributed by atoms with Crippen molar-refractivity contribution in [3.05, 3.63) is 47.8 Å². The molecule has 0 saturated heterocycles. The second-order valence-corrected chi connectivity index (χ2v) is 7.59. The maximum Gasteiger partial charge on any atom is 0.308 e. The zero-order valence-electron chi connectivity index (χ0n) is 17.1. The van der Waals surface area contributed by atoms with Crippen molar-refractivity contribution >= 4 is 20.5 Å². The molecule has 0 N–H and O–H groups in total. The summed E-state index contributed by atoms with van der Waals surface area (Å²) in [5.74, 6) is 0.855. The molecule has 2 aromatic carbocycles. The Kier molecular flexibility index (Phi) is 10.3. The Morgan fingerprint density at radius 2 is 1.63 bits per heavy atom. The average Bonchev–Trinajstić information content (AvgIpc) is 2.60. The third-order valence-corrected chi connectivity index (χ3v) is 5.00. The summed E-state index contributed by atoms with van der Waals surface area (Å²) in [5.41, 5.74) is 2.30. The van der Waals surface area contributed by atoms with Crippen LogP contribution in [-0.2, 0) is 4.79 Å². The molecule has 0 aliphatic heterocycles. The third-order valence-electron chi connectivity index (χ3n) is 4.40. The van der Waals surface area contributed by atoms with Gasteiger partial charge in [-0.25, -0.2) is 4.39 Å². The van der Waals surface area contributed by atoms with Gasteiger partial charge in [-0.15, -0.1) is 9.24 Å². The van der Waals surface area contributed by atoms with Crippen molar-refractivity contribution in [2.45, 2.75) is 60.3 Å². The summed E-state index contributed by atoms with van der Waals surface area (Å²) < 4.78 is 18.6. The summed E-state index contributed by atoms with van der Waals surface area (Å²) in [5, 5.41) is 0.832. The smallest absolute Gasteiger partial charge is 0.308 e. The predicted molar refractivity (Wildman–Crippen MR) is 116 cm³/mol. The van der Waals surface area contributed by atoms with Gasteiger partial charge in [0, 0.05) is 6.92 Å². The lowest BCUT2D eigenvalue weighted by Crippen LogP contribution is -2.02. The van der Waals surface area contributed by atoms with E-state index in [0.29, 0.717) is 11.3 Å². The summed E-state index contributed by atoms with van der Waals surface area (Å²) in [7, 11) is 2.53. The van der Waals surface area contributed by atoms with Crippen molar-refractivity contribution in [2.24, 2.45) is 5.92 Å². The van der Waals surface area contributed by atoms with Crippen LogP contribution in [0.25, 0.3) is 11.1 Å². The summed E-state index contributed by atoms with van der Waals surface area (Å²) in [6, 6.07) is 10.4. The standard InChI is InChI=1S/C15H14FO2P.C8H18/c1-9-14(16)7-12(8-15(9)19)11-3-5-13(6-4-11)18-10(2)17;1-4-6-8(3)7-5-2/h3-8H,19H2,1-2H3;8H,4-7H2,1-3H3. The summed E-state index contributed by atoms with van der Waals surface area (Å²) in [6.45, 7) is 9.94. The largest absolute Gasteiger partial charge is 0.427 e. The first-order valence-corrected chi connectivity index (χ1v) is 10.2. The zero-order valence-corrected chi connectivity index (χ0v) is 18.3. The molecule has 0 amide bonds. The van der Waals surface area contributed by atoms with Gasteiger partial charge < -0.3 is 4.74 Å². The maximum absolute atomic E-state index is 13.7. The van der Waals surface area contributed by atoms with Gasteiger partial charge in [0.15, 0.2) is 0 Å². The molecule has 0 aliphatic rings. The molecule has 2 aromatic rings. The number of benzene rings is 2. The molecule has 1 atom stereocenters. The third kappa shape index (κ3) is 8.22. The van der Waals surface area contributed by atoms with Gasteiger partial charge in [0.25, 0.3) is 0 Å². The lowest BCUT2D eigenvalue weighted by atomic mass is 10.0. The highest BCUT2D eigenvalue weighted by atomic mass is 31.0. The highest BCUT2D eigenvalue weighted by molar-refractivity contribution is 7.27. The van der Waals surface area contributed by atoms with Crippen LogP contribution in [0.3, 0.4) is 0 Å². The van der Waals surface area contributed by atoms with Gasteiger partial charge in [-0.05, 0) is 59.1 Å². The van der Waals surface area contributed by atoms with E-state index in [1.807, 2.05) is 6.07 Å². The molecule has 0 radical (unpaired) electrons. The topological polar surface area (TPSA) is 26.3 Å². The average molecular weight is 390 g/mol. The minimum atomic E-state index is -0.360. The quantitative estimate of drug-likeness (QED) is 0.322. The molecule has 2 nitrogen and oxygen atoms in total. The minimum Gasteiger partial charge on any atom is -0.427 e. The molecular formula is C23H32FO2P. The molecule has 2 rings (SSSR count). The van der Waals surface area contributed by atoms with Gasteiger partial charge in [-0.1, -0.05) is 58.6 Å². The summed E-state index contributed by atoms with van der Waals surface area (Å²) in [6.07, 6.45) is 5.52. The Balaban J connectivity index is 0.000000387. The van der Waals surface area contributed by atoms with E-state index >= 15 is 0 Å². The number of hydrogen-bond acceptors (Lipinski definition) is 2. The van der Waals surface area contributed by atoms with Crippen LogP contribution in [0.4, 0.5) is 4.39 Å². The van der Waals surface area contributed by atoms with Crippen molar-refractivity contribution in [2.75, 3.05) is 0 Å². The summed E-state index contributed by atoms with van der Waals surface area (Å²) in [4.78, 5) is 10.8. The van der Waals surface area contributed by atoms with Gasteiger partial charge in [-0.2, -0.15) is 0 Å².